The highest BCUT2D eigenvalue weighted by atomic mass is 16.5. The number of carboxylic acids is 1. The number of imidazole rings is 1. The van der Waals surface area contributed by atoms with E-state index in [9.17, 15) is 4.79 Å². The normalized spacial score (nSPS) is 10.6. The fraction of sp³-hybridized carbons (Fsp3) is 0.200. The molecule has 0 saturated heterocycles. The van der Waals surface area contributed by atoms with E-state index in [-0.39, 0.29) is 12.2 Å². The molecule has 0 saturated carbocycles. The average Bonchev–Trinajstić information content (AvgIpc) is 2.67. The molecule has 0 aliphatic carbocycles. The van der Waals surface area contributed by atoms with Gasteiger partial charge in [-0.1, -0.05) is 6.07 Å². The van der Waals surface area contributed by atoms with Crippen LogP contribution in [0, 0.1) is 0 Å². The zero-order chi connectivity index (χ0) is 11.7. The van der Waals surface area contributed by atoms with Gasteiger partial charge < -0.3 is 15.6 Å². The second kappa shape index (κ2) is 3.82. The third kappa shape index (κ3) is 1.40. The van der Waals surface area contributed by atoms with Crippen molar-refractivity contribution >= 4 is 11.5 Å². The largest absolute Gasteiger partial charge is 0.482 e. The Labute approximate surface area is 91.3 Å². The minimum absolute atomic E-state index is 0.0145. The Bertz CT molecular complexity index is 547. The first-order chi connectivity index (χ1) is 7.69. The number of rotatable bonds is 3. The van der Waals surface area contributed by atoms with Gasteiger partial charge in [0.1, 0.15) is 5.82 Å². The Hall–Kier alpha value is -2.08. The van der Waals surface area contributed by atoms with Gasteiger partial charge in [-0.25, -0.2) is 9.78 Å². The highest BCUT2D eigenvalue weighted by Crippen LogP contribution is 2.20. The lowest BCUT2D eigenvalue weighted by Crippen LogP contribution is -2.04. The summed E-state index contributed by atoms with van der Waals surface area (Å²) in [6, 6.07) is 5.10. The number of carboxylic acid groups (broad SMARTS) is 1. The number of ether oxygens (including phenoxy) is 1. The van der Waals surface area contributed by atoms with Crippen molar-refractivity contribution in [2.45, 2.75) is 6.54 Å². The zero-order valence-electron chi connectivity index (χ0n) is 8.67. The van der Waals surface area contributed by atoms with E-state index in [1.807, 2.05) is 0 Å². The van der Waals surface area contributed by atoms with Gasteiger partial charge in [0.25, 0.3) is 0 Å². The van der Waals surface area contributed by atoms with Crippen molar-refractivity contribution < 1.29 is 14.6 Å². The van der Waals surface area contributed by atoms with Gasteiger partial charge in [-0.15, -0.1) is 0 Å². The molecule has 2 aromatic rings. The number of hydrogen-bond acceptors (Lipinski definition) is 4. The number of pyridine rings is 1. The first kappa shape index (κ1) is 10.4. The van der Waals surface area contributed by atoms with Crippen LogP contribution in [0.25, 0.3) is 5.52 Å². The Morgan fingerprint density at radius 2 is 2.38 bits per heavy atom. The monoisotopic (exact) mass is 221 g/mol. The Kier molecular flexibility index (Phi) is 2.49. The van der Waals surface area contributed by atoms with Crippen LogP contribution in [0.15, 0.2) is 18.2 Å². The summed E-state index contributed by atoms with van der Waals surface area (Å²) in [4.78, 5) is 15.0. The molecule has 0 aromatic carbocycles. The van der Waals surface area contributed by atoms with E-state index in [4.69, 9.17) is 15.6 Å². The summed E-state index contributed by atoms with van der Waals surface area (Å²) in [5.41, 5.74) is 5.99. The predicted molar refractivity (Wildman–Crippen MR) is 56.6 cm³/mol. The van der Waals surface area contributed by atoms with Crippen LogP contribution in [0.1, 0.15) is 16.3 Å². The zero-order valence-corrected chi connectivity index (χ0v) is 8.67. The standard InChI is InChI=1S/C10H11N3O3/c1-16-8-4-2-3-6-9(10(14)15)12-7(5-11)13(6)8/h2-4H,5,11H2,1H3,(H,14,15). The highest BCUT2D eigenvalue weighted by Gasteiger charge is 2.17. The molecular weight excluding hydrogens is 210 g/mol. The number of fused-ring (bicyclic) bond motifs is 1. The molecule has 6 nitrogen and oxygen atoms in total. The molecule has 2 aromatic heterocycles. The van der Waals surface area contributed by atoms with E-state index >= 15 is 0 Å². The molecule has 0 unspecified atom stereocenters. The van der Waals surface area contributed by atoms with Crippen LogP contribution >= 0.6 is 0 Å². The topological polar surface area (TPSA) is 89.8 Å². The number of nitrogens with two attached hydrogens (primary N) is 1. The van der Waals surface area contributed by atoms with Crippen molar-refractivity contribution in [1.82, 2.24) is 9.38 Å². The quantitative estimate of drug-likeness (QED) is 0.787. The van der Waals surface area contributed by atoms with Crippen LogP contribution in [0.3, 0.4) is 0 Å². The van der Waals surface area contributed by atoms with E-state index < -0.39 is 5.97 Å². The maximum absolute atomic E-state index is 11.0. The molecular formula is C10H11N3O3. The maximum Gasteiger partial charge on any atom is 0.356 e. The molecule has 6 heteroatoms. The van der Waals surface area contributed by atoms with E-state index in [0.717, 1.165) is 0 Å². The van der Waals surface area contributed by atoms with Crippen LogP contribution in [0.4, 0.5) is 0 Å². The van der Waals surface area contributed by atoms with Crippen molar-refractivity contribution in [3.63, 3.8) is 0 Å². The van der Waals surface area contributed by atoms with Gasteiger partial charge in [-0.2, -0.15) is 0 Å². The van der Waals surface area contributed by atoms with Crippen molar-refractivity contribution in [3.8, 4) is 5.88 Å². The lowest BCUT2D eigenvalue weighted by Gasteiger charge is -2.05. The Morgan fingerprint density at radius 1 is 1.62 bits per heavy atom. The summed E-state index contributed by atoms with van der Waals surface area (Å²) in [6.45, 7) is 0.148. The lowest BCUT2D eigenvalue weighted by atomic mass is 10.3. The molecule has 0 bridgehead atoms. The van der Waals surface area contributed by atoms with Crippen molar-refractivity contribution in [2.24, 2.45) is 5.73 Å². The van der Waals surface area contributed by atoms with Crippen LogP contribution in [-0.4, -0.2) is 27.6 Å². The highest BCUT2D eigenvalue weighted by molar-refractivity contribution is 5.93. The number of methoxy groups -OCH3 is 1. The first-order valence-corrected chi connectivity index (χ1v) is 4.66. The lowest BCUT2D eigenvalue weighted by molar-refractivity contribution is 0.0693. The van der Waals surface area contributed by atoms with E-state index in [0.29, 0.717) is 17.2 Å². The molecule has 0 aliphatic heterocycles. The van der Waals surface area contributed by atoms with Crippen LogP contribution in [0.2, 0.25) is 0 Å². The predicted octanol–water partition coefficient (Wildman–Crippen LogP) is 0.500. The summed E-state index contributed by atoms with van der Waals surface area (Å²) in [7, 11) is 1.51. The molecule has 84 valence electrons. The van der Waals surface area contributed by atoms with Gasteiger partial charge in [0.15, 0.2) is 11.6 Å². The van der Waals surface area contributed by atoms with Crippen molar-refractivity contribution in [3.05, 3.63) is 29.7 Å². The van der Waals surface area contributed by atoms with E-state index in [1.165, 1.54) is 7.11 Å². The van der Waals surface area contributed by atoms with Gasteiger partial charge in [0.2, 0.25) is 0 Å². The second-order valence-electron chi connectivity index (χ2n) is 3.17. The Balaban J connectivity index is 2.84. The number of nitrogens with zero attached hydrogens (tertiary/aromatic N) is 2. The molecule has 0 amide bonds. The Morgan fingerprint density at radius 3 is 2.94 bits per heavy atom. The summed E-state index contributed by atoms with van der Waals surface area (Å²) < 4.78 is 6.74. The number of aromatic nitrogens is 2. The summed E-state index contributed by atoms with van der Waals surface area (Å²) in [5.74, 6) is -0.103. The smallest absolute Gasteiger partial charge is 0.356 e. The third-order valence-corrected chi connectivity index (χ3v) is 2.29. The molecule has 0 fully saturated rings. The fourth-order valence-corrected chi connectivity index (χ4v) is 1.63. The maximum atomic E-state index is 11.0. The number of aromatic carboxylic acids is 1. The van der Waals surface area contributed by atoms with Gasteiger partial charge in [0.05, 0.1) is 19.2 Å². The summed E-state index contributed by atoms with van der Waals surface area (Å²) >= 11 is 0. The molecule has 0 atom stereocenters. The van der Waals surface area contributed by atoms with Crippen LogP contribution < -0.4 is 10.5 Å². The first-order valence-electron chi connectivity index (χ1n) is 4.66. The molecule has 3 N–H and O–H groups in total. The molecule has 0 spiro atoms. The minimum atomic E-state index is -1.08. The van der Waals surface area contributed by atoms with Gasteiger partial charge in [-0.3, -0.25) is 4.40 Å². The molecule has 0 radical (unpaired) electrons. The van der Waals surface area contributed by atoms with Gasteiger partial charge >= 0.3 is 5.97 Å². The number of hydrogen-bond donors (Lipinski definition) is 2. The van der Waals surface area contributed by atoms with Crippen LogP contribution in [0.5, 0.6) is 5.88 Å². The molecule has 16 heavy (non-hydrogen) atoms. The molecule has 0 aliphatic rings. The average molecular weight is 221 g/mol. The summed E-state index contributed by atoms with van der Waals surface area (Å²) in [6.07, 6.45) is 0. The van der Waals surface area contributed by atoms with E-state index in [2.05, 4.69) is 4.98 Å². The second-order valence-corrected chi connectivity index (χ2v) is 3.17. The van der Waals surface area contributed by atoms with Crippen LogP contribution in [-0.2, 0) is 6.54 Å². The summed E-state index contributed by atoms with van der Waals surface area (Å²) in [5, 5.41) is 9.00. The third-order valence-electron chi connectivity index (χ3n) is 2.29. The number of carbonyl (C=O) groups is 1. The SMILES string of the molecule is COc1cccc2c(C(=O)O)nc(CN)n12. The molecule has 2 rings (SSSR count). The van der Waals surface area contributed by atoms with E-state index in [1.54, 1.807) is 22.6 Å². The van der Waals surface area contributed by atoms with Crippen molar-refractivity contribution in [1.29, 1.82) is 0 Å². The fourth-order valence-electron chi connectivity index (χ4n) is 1.63. The minimum Gasteiger partial charge on any atom is -0.482 e. The van der Waals surface area contributed by atoms with Gasteiger partial charge in [-0.05, 0) is 12.1 Å². The van der Waals surface area contributed by atoms with Gasteiger partial charge in [0, 0.05) is 0 Å². The molecule has 2 heterocycles. The van der Waals surface area contributed by atoms with Crippen molar-refractivity contribution in [2.75, 3.05) is 7.11 Å².